The summed E-state index contributed by atoms with van der Waals surface area (Å²) in [6.45, 7) is 17.2. The number of hydrogen-bond acceptors (Lipinski definition) is 1. The molecule has 1 nitrogen and oxygen atoms in total. The topological polar surface area (TPSA) is 9.23 Å². The molecule has 0 heterocycles. The van der Waals surface area contributed by atoms with Gasteiger partial charge >= 0.3 is 0 Å². The van der Waals surface area contributed by atoms with Crippen molar-refractivity contribution < 1.29 is 4.12 Å². The van der Waals surface area contributed by atoms with Crippen LogP contribution in [0.25, 0.3) is 0 Å². The van der Waals surface area contributed by atoms with E-state index in [2.05, 4.69) is 39.3 Å². The summed E-state index contributed by atoms with van der Waals surface area (Å²) < 4.78 is 6.68. The molecule has 0 bridgehead atoms. The number of unbranched alkanes of at least 4 members (excludes halogenated alkanes) is 6. The molecule has 0 spiro atoms. The number of hydrogen-bond donors (Lipinski definition) is 0. The van der Waals surface area contributed by atoms with Gasteiger partial charge in [-0.25, -0.2) is 0 Å². The van der Waals surface area contributed by atoms with Crippen molar-refractivity contribution in [1.29, 1.82) is 0 Å². The van der Waals surface area contributed by atoms with Crippen LogP contribution in [0.3, 0.4) is 0 Å². The zero-order chi connectivity index (χ0) is 16.2. The summed E-state index contributed by atoms with van der Waals surface area (Å²) in [6, 6.07) is 2.63. The Labute approximate surface area is 136 Å². The van der Waals surface area contributed by atoms with E-state index in [4.69, 9.17) is 4.12 Å². The van der Waals surface area contributed by atoms with Crippen LogP contribution in [-0.4, -0.2) is 16.6 Å². The summed E-state index contributed by atoms with van der Waals surface area (Å²) in [5.41, 5.74) is 0. The highest BCUT2D eigenvalue weighted by Crippen LogP contribution is 2.25. The summed E-state index contributed by atoms with van der Waals surface area (Å²) in [6.07, 6.45) is 14.3. The van der Waals surface area contributed by atoms with Crippen LogP contribution in [0.1, 0.15) is 51.4 Å². The van der Waals surface area contributed by atoms with Crippen LogP contribution in [0.4, 0.5) is 0 Å². The van der Waals surface area contributed by atoms with Crippen molar-refractivity contribution in [3.63, 3.8) is 0 Å². The molecule has 0 rings (SSSR count). The van der Waals surface area contributed by atoms with Crippen molar-refractivity contribution in [2.75, 3.05) is 0 Å². The second kappa shape index (κ2) is 11.4. The van der Waals surface area contributed by atoms with Gasteiger partial charge < -0.3 is 4.12 Å². The third-order valence-electron chi connectivity index (χ3n) is 3.93. The largest absolute Gasteiger partial charge is 0.455 e. The second-order valence-corrected chi connectivity index (χ2v) is 16.3. The van der Waals surface area contributed by atoms with Crippen molar-refractivity contribution in [1.82, 2.24) is 0 Å². The number of allylic oxidation sites excluding steroid dienone is 2. The van der Waals surface area contributed by atoms with Crippen molar-refractivity contribution in [2.45, 2.75) is 89.6 Å². The lowest BCUT2D eigenvalue weighted by atomic mass is 10.2. The zero-order valence-corrected chi connectivity index (χ0v) is 17.0. The minimum absolute atomic E-state index is 1.16. The van der Waals surface area contributed by atoms with Gasteiger partial charge in [0.25, 0.3) is 0 Å². The van der Waals surface area contributed by atoms with Gasteiger partial charge in [-0.1, -0.05) is 37.8 Å². The maximum absolute atomic E-state index is 6.68. The molecule has 0 aromatic heterocycles. The highest BCUT2D eigenvalue weighted by molar-refractivity contribution is 6.84. The summed E-state index contributed by atoms with van der Waals surface area (Å²) >= 11 is 0. The summed E-state index contributed by atoms with van der Waals surface area (Å²) in [5, 5.41) is 0. The van der Waals surface area contributed by atoms with Gasteiger partial charge in [0, 0.05) is 0 Å². The smallest absolute Gasteiger partial charge is 0.173 e. The fraction of sp³-hybridized carbons (Fsp3) is 0.778. The number of rotatable bonds is 14. The van der Waals surface area contributed by atoms with Gasteiger partial charge in [-0.2, -0.15) is 0 Å². The minimum Gasteiger partial charge on any atom is -0.455 e. The Morgan fingerprint density at radius 1 is 0.667 bits per heavy atom. The van der Waals surface area contributed by atoms with Gasteiger partial charge in [-0.15, -0.1) is 13.2 Å². The van der Waals surface area contributed by atoms with Crippen molar-refractivity contribution in [2.24, 2.45) is 0 Å². The van der Waals surface area contributed by atoms with Crippen LogP contribution in [0.2, 0.25) is 38.3 Å². The van der Waals surface area contributed by atoms with Gasteiger partial charge in [0.15, 0.2) is 16.6 Å². The maximum atomic E-state index is 6.68. The molecule has 0 radical (unpaired) electrons. The zero-order valence-electron chi connectivity index (χ0n) is 15.0. The molecule has 0 aliphatic carbocycles. The fourth-order valence-corrected chi connectivity index (χ4v) is 11.9. The second-order valence-electron chi connectivity index (χ2n) is 7.40. The van der Waals surface area contributed by atoms with Crippen LogP contribution < -0.4 is 0 Å². The first-order valence-corrected chi connectivity index (χ1v) is 15.0. The Balaban J connectivity index is 3.92. The van der Waals surface area contributed by atoms with Crippen molar-refractivity contribution >= 4 is 16.6 Å². The van der Waals surface area contributed by atoms with Gasteiger partial charge in [0.1, 0.15) is 0 Å². The van der Waals surface area contributed by atoms with E-state index in [1.807, 2.05) is 12.2 Å². The Morgan fingerprint density at radius 2 is 1.05 bits per heavy atom. The summed E-state index contributed by atoms with van der Waals surface area (Å²) in [4.78, 5) is 0. The van der Waals surface area contributed by atoms with E-state index in [0.29, 0.717) is 0 Å². The molecule has 0 aliphatic heterocycles. The average Bonchev–Trinajstić information content (AvgIpc) is 2.36. The summed E-state index contributed by atoms with van der Waals surface area (Å²) in [7, 11) is -2.91. The quantitative estimate of drug-likeness (QED) is 0.191. The van der Waals surface area contributed by atoms with Crippen LogP contribution >= 0.6 is 0 Å². The molecule has 0 saturated carbocycles. The van der Waals surface area contributed by atoms with E-state index in [0.717, 1.165) is 12.8 Å². The molecule has 0 aromatic rings. The molecule has 0 atom stereocenters. The highest BCUT2D eigenvalue weighted by atomic mass is 28.4. The van der Waals surface area contributed by atoms with Gasteiger partial charge in [0.2, 0.25) is 0 Å². The Morgan fingerprint density at radius 3 is 1.38 bits per heavy atom. The highest BCUT2D eigenvalue weighted by Gasteiger charge is 2.31. The molecule has 0 amide bonds. The Hall–Kier alpha value is -0.126. The first-order valence-electron chi connectivity index (χ1n) is 8.75. The third kappa shape index (κ3) is 13.3. The van der Waals surface area contributed by atoms with E-state index >= 15 is 0 Å². The lowest BCUT2D eigenvalue weighted by molar-refractivity contribution is 0.524. The van der Waals surface area contributed by atoms with Crippen LogP contribution in [0.5, 0.6) is 0 Å². The first-order chi connectivity index (χ1) is 9.83. The lowest BCUT2D eigenvalue weighted by Crippen LogP contribution is -2.44. The van der Waals surface area contributed by atoms with Gasteiger partial charge in [-0.05, 0) is 64.0 Å². The lowest BCUT2D eigenvalue weighted by Gasteiger charge is -2.34. The van der Waals surface area contributed by atoms with E-state index in [9.17, 15) is 0 Å². The molecular weight excluding hydrogens is 288 g/mol. The average molecular weight is 327 g/mol. The van der Waals surface area contributed by atoms with Gasteiger partial charge in [0.05, 0.1) is 0 Å². The van der Waals surface area contributed by atoms with E-state index < -0.39 is 16.6 Å². The van der Waals surface area contributed by atoms with Crippen LogP contribution in [0, 0.1) is 0 Å². The molecule has 0 aromatic carbocycles. The SMILES string of the molecule is C=CCCCCC[Si](C)(C)O[Si](C)(C)CCCCCC=C. The van der Waals surface area contributed by atoms with E-state index in [1.165, 1.54) is 50.6 Å². The molecule has 0 N–H and O–H groups in total. The van der Waals surface area contributed by atoms with Crippen molar-refractivity contribution in [3.05, 3.63) is 25.3 Å². The predicted molar refractivity (Wildman–Crippen MR) is 103 cm³/mol. The molecule has 21 heavy (non-hydrogen) atoms. The molecule has 124 valence electrons. The summed E-state index contributed by atoms with van der Waals surface area (Å²) in [5.74, 6) is 0. The van der Waals surface area contributed by atoms with Gasteiger partial charge in [-0.3, -0.25) is 0 Å². The van der Waals surface area contributed by atoms with Crippen LogP contribution in [0.15, 0.2) is 25.3 Å². The predicted octanol–water partition coefficient (Wildman–Crippen LogP) is 6.91. The molecule has 0 aliphatic rings. The first kappa shape index (κ1) is 20.9. The molecule has 0 fully saturated rings. The normalized spacial score (nSPS) is 12.4. The third-order valence-corrected chi connectivity index (χ3v) is 11.5. The monoisotopic (exact) mass is 326 g/mol. The van der Waals surface area contributed by atoms with Crippen molar-refractivity contribution in [3.8, 4) is 0 Å². The molecule has 0 saturated heterocycles. The standard InChI is InChI=1S/C18H38OSi2/c1-7-9-11-13-15-17-20(3,4)19-21(5,6)18-16-14-12-10-8-2/h7-8H,1-2,9-18H2,3-6H3. The Kier molecular flexibility index (Phi) is 11.4. The van der Waals surface area contributed by atoms with E-state index in [-0.39, 0.29) is 0 Å². The van der Waals surface area contributed by atoms with Crippen LogP contribution in [-0.2, 0) is 4.12 Å². The Bertz CT molecular complexity index is 257. The van der Waals surface area contributed by atoms with E-state index in [1.54, 1.807) is 0 Å². The molecular formula is C18H38OSi2. The minimum atomic E-state index is -1.45. The maximum Gasteiger partial charge on any atom is 0.173 e. The molecule has 0 unspecified atom stereocenters. The fourth-order valence-electron chi connectivity index (χ4n) is 2.88. The molecule has 3 heteroatoms.